The zero-order chi connectivity index (χ0) is 44.5. The highest BCUT2D eigenvalue weighted by Crippen LogP contribution is 2.17. The predicted molar refractivity (Wildman–Crippen MR) is 261 cm³/mol. The monoisotopic (exact) mass is 863 g/mol. The first-order valence-corrected chi connectivity index (χ1v) is 27.4. The van der Waals surface area contributed by atoms with E-state index in [-0.39, 0.29) is 31.1 Å². The maximum absolute atomic E-state index is 12.8. The van der Waals surface area contributed by atoms with E-state index in [1.165, 1.54) is 205 Å². The molecule has 0 aromatic heterocycles. The Morgan fingerprint density at radius 1 is 0.311 bits per heavy atom. The smallest absolute Gasteiger partial charge is 0.306 e. The number of carbonyl (C=O) groups is 3. The third kappa shape index (κ3) is 49.3. The van der Waals surface area contributed by atoms with E-state index in [4.69, 9.17) is 14.2 Å². The van der Waals surface area contributed by atoms with E-state index in [0.717, 1.165) is 63.7 Å². The Morgan fingerprint density at radius 3 is 0.803 bits per heavy atom. The first-order valence-electron chi connectivity index (χ1n) is 27.4. The molecular formula is C55H106O6. The van der Waals surface area contributed by atoms with Gasteiger partial charge in [0.25, 0.3) is 0 Å². The van der Waals surface area contributed by atoms with Gasteiger partial charge in [-0.05, 0) is 25.2 Å². The summed E-state index contributed by atoms with van der Waals surface area (Å²) in [4.78, 5) is 38.0. The van der Waals surface area contributed by atoms with Crippen molar-refractivity contribution in [1.29, 1.82) is 0 Å². The fraction of sp³-hybridized carbons (Fsp3) is 0.945. The maximum atomic E-state index is 12.8. The molecule has 0 radical (unpaired) electrons. The number of hydrogen-bond donors (Lipinski definition) is 0. The number of ether oxygens (including phenoxy) is 3. The molecule has 0 rings (SSSR count). The fourth-order valence-electron chi connectivity index (χ4n) is 8.39. The lowest BCUT2D eigenvalue weighted by Crippen LogP contribution is -2.30. The van der Waals surface area contributed by atoms with E-state index in [1.54, 1.807) is 0 Å². The molecular weight excluding hydrogens is 757 g/mol. The molecule has 0 fully saturated rings. The van der Waals surface area contributed by atoms with Crippen LogP contribution in [0.15, 0.2) is 0 Å². The van der Waals surface area contributed by atoms with Crippen LogP contribution in [0.3, 0.4) is 0 Å². The van der Waals surface area contributed by atoms with Crippen LogP contribution < -0.4 is 0 Å². The van der Waals surface area contributed by atoms with Gasteiger partial charge in [-0.15, -0.1) is 0 Å². The summed E-state index contributed by atoms with van der Waals surface area (Å²) in [5.74, 6) is -0.0321. The van der Waals surface area contributed by atoms with Crippen molar-refractivity contribution in [3.8, 4) is 0 Å². The van der Waals surface area contributed by atoms with Gasteiger partial charge >= 0.3 is 17.9 Å². The van der Waals surface area contributed by atoms with Crippen molar-refractivity contribution >= 4 is 17.9 Å². The Kier molecular flexibility index (Phi) is 48.1. The Balaban J connectivity index is 4.30. The number of unbranched alkanes of at least 4 members (excludes halogenated alkanes) is 37. The van der Waals surface area contributed by atoms with E-state index in [1.807, 2.05) is 0 Å². The molecule has 0 unspecified atom stereocenters. The summed E-state index contributed by atoms with van der Waals surface area (Å²) >= 11 is 0. The standard InChI is InChI=1S/C55H106O6/c1-5-7-9-11-13-15-17-19-21-23-25-27-31-36-40-44-48-55(58)61-52(50-60-54(57)47-43-39-35-32-28-29-33-37-41-45-51(3)4)49-59-53(56)46-42-38-34-30-26-24-22-20-18-16-14-12-10-8-6-2/h51-52H,5-50H2,1-4H3/t52-/m1/s1. The van der Waals surface area contributed by atoms with Crippen LogP contribution in [-0.4, -0.2) is 37.2 Å². The van der Waals surface area contributed by atoms with Crippen LogP contribution in [0, 0.1) is 5.92 Å². The summed E-state index contributed by atoms with van der Waals surface area (Å²) in [6.07, 6.45) is 52.3. The van der Waals surface area contributed by atoms with Crippen LogP contribution in [-0.2, 0) is 28.6 Å². The molecule has 0 saturated heterocycles. The number of esters is 3. The van der Waals surface area contributed by atoms with Crippen LogP contribution in [0.1, 0.15) is 310 Å². The summed E-state index contributed by atoms with van der Waals surface area (Å²) < 4.78 is 16.8. The molecule has 0 saturated carbocycles. The molecule has 0 heterocycles. The predicted octanol–water partition coefficient (Wildman–Crippen LogP) is 17.8. The zero-order valence-electron chi connectivity index (χ0n) is 41.6. The molecule has 0 aliphatic carbocycles. The molecule has 0 aliphatic heterocycles. The fourth-order valence-corrected chi connectivity index (χ4v) is 8.39. The van der Waals surface area contributed by atoms with Crippen LogP contribution in [0.2, 0.25) is 0 Å². The van der Waals surface area contributed by atoms with Gasteiger partial charge in [0.15, 0.2) is 6.10 Å². The van der Waals surface area contributed by atoms with Gasteiger partial charge in [-0.25, -0.2) is 0 Å². The van der Waals surface area contributed by atoms with Gasteiger partial charge in [0.1, 0.15) is 13.2 Å². The Hall–Kier alpha value is -1.59. The summed E-state index contributed by atoms with van der Waals surface area (Å²) in [7, 11) is 0. The maximum Gasteiger partial charge on any atom is 0.306 e. The summed E-state index contributed by atoms with van der Waals surface area (Å²) in [6, 6.07) is 0. The minimum Gasteiger partial charge on any atom is -0.462 e. The molecule has 6 nitrogen and oxygen atoms in total. The molecule has 362 valence electrons. The van der Waals surface area contributed by atoms with Gasteiger partial charge in [-0.2, -0.15) is 0 Å². The average Bonchev–Trinajstić information content (AvgIpc) is 3.24. The molecule has 0 N–H and O–H groups in total. The van der Waals surface area contributed by atoms with Crippen molar-refractivity contribution in [3.63, 3.8) is 0 Å². The first kappa shape index (κ1) is 59.4. The molecule has 0 amide bonds. The number of carbonyl (C=O) groups excluding carboxylic acids is 3. The lowest BCUT2D eigenvalue weighted by atomic mass is 10.0. The van der Waals surface area contributed by atoms with E-state index < -0.39 is 6.10 Å². The van der Waals surface area contributed by atoms with Gasteiger partial charge in [0.05, 0.1) is 0 Å². The van der Waals surface area contributed by atoms with E-state index in [2.05, 4.69) is 27.7 Å². The minimum atomic E-state index is -0.761. The van der Waals surface area contributed by atoms with Gasteiger partial charge in [-0.3, -0.25) is 14.4 Å². The average molecular weight is 863 g/mol. The van der Waals surface area contributed by atoms with Crippen molar-refractivity contribution < 1.29 is 28.6 Å². The normalized spacial score (nSPS) is 12.0. The van der Waals surface area contributed by atoms with Gasteiger partial charge in [0.2, 0.25) is 0 Å². The third-order valence-corrected chi connectivity index (χ3v) is 12.5. The van der Waals surface area contributed by atoms with E-state index in [9.17, 15) is 14.4 Å². The van der Waals surface area contributed by atoms with E-state index >= 15 is 0 Å². The van der Waals surface area contributed by atoms with Crippen LogP contribution >= 0.6 is 0 Å². The minimum absolute atomic E-state index is 0.0625. The summed E-state index contributed by atoms with van der Waals surface area (Å²) in [5.41, 5.74) is 0. The van der Waals surface area contributed by atoms with Crippen molar-refractivity contribution in [2.45, 2.75) is 316 Å². The van der Waals surface area contributed by atoms with E-state index in [0.29, 0.717) is 19.3 Å². The molecule has 0 aromatic rings. The zero-order valence-corrected chi connectivity index (χ0v) is 41.6. The van der Waals surface area contributed by atoms with Crippen LogP contribution in [0.4, 0.5) is 0 Å². The van der Waals surface area contributed by atoms with Gasteiger partial charge in [-0.1, -0.05) is 272 Å². The van der Waals surface area contributed by atoms with Crippen molar-refractivity contribution in [2.24, 2.45) is 5.92 Å². The number of hydrogen-bond acceptors (Lipinski definition) is 6. The molecule has 1 atom stereocenters. The lowest BCUT2D eigenvalue weighted by Gasteiger charge is -2.18. The quantitative estimate of drug-likeness (QED) is 0.0344. The molecule has 0 aromatic carbocycles. The molecule has 6 heteroatoms. The largest absolute Gasteiger partial charge is 0.462 e. The molecule has 0 bridgehead atoms. The SMILES string of the molecule is CCCCCCCCCCCCCCCCCCC(=O)O[C@H](COC(=O)CCCCCCCCCCCCCCCCC)COC(=O)CCCCCCCCCCCC(C)C. The number of rotatable bonds is 50. The highest BCUT2D eigenvalue weighted by molar-refractivity contribution is 5.71. The highest BCUT2D eigenvalue weighted by atomic mass is 16.6. The molecule has 0 aliphatic rings. The van der Waals surface area contributed by atoms with Crippen LogP contribution in [0.5, 0.6) is 0 Å². The lowest BCUT2D eigenvalue weighted by molar-refractivity contribution is -0.167. The van der Waals surface area contributed by atoms with Crippen LogP contribution in [0.25, 0.3) is 0 Å². The second kappa shape index (κ2) is 49.4. The molecule has 61 heavy (non-hydrogen) atoms. The van der Waals surface area contributed by atoms with Crippen molar-refractivity contribution in [3.05, 3.63) is 0 Å². The topological polar surface area (TPSA) is 78.9 Å². The molecule has 0 spiro atoms. The Bertz CT molecular complexity index is 918. The Labute approximate surface area is 380 Å². The third-order valence-electron chi connectivity index (χ3n) is 12.5. The Morgan fingerprint density at radius 2 is 0.541 bits per heavy atom. The highest BCUT2D eigenvalue weighted by Gasteiger charge is 2.19. The second-order valence-corrected chi connectivity index (χ2v) is 19.3. The second-order valence-electron chi connectivity index (χ2n) is 19.3. The summed E-state index contributed by atoms with van der Waals surface area (Å²) in [6.45, 7) is 9.02. The van der Waals surface area contributed by atoms with Crippen molar-refractivity contribution in [2.75, 3.05) is 13.2 Å². The van der Waals surface area contributed by atoms with Gasteiger partial charge < -0.3 is 14.2 Å². The van der Waals surface area contributed by atoms with Gasteiger partial charge in [0, 0.05) is 19.3 Å². The first-order chi connectivity index (χ1) is 29.9. The van der Waals surface area contributed by atoms with Crippen molar-refractivity contribution in [1.82, 2.24) is 0 Å². The summed E-state index contributed by atoms with van der Waals surface area (Å²) in [5, 5.41) is 0.